The molecule has 0 unspecified atom stereocenters. The Morgan fingerprint density at radius 2 is 1.80 bits per heavy atom. The summed E-state index contributed by atoms with van der Waals surface area (Å²) < 4.78 is 40.8. The molecule has 0 aromatic heterocycles. The molecule has 0 heterocycles. The predicted molar refractivity (Wildman–Crippen MR) is 120 cm³/mol. The Morgan fingerprint density at radius 1 is 1.17 bits per heavy atom. The molecule has 35 heavy (non-hydrogen) atoms. The number of alkyl halides is 3. The molecule has 0 saturated heterocycles. The quantitative estimate of drug-likeness (QED) is 0.0812. The number of carbonyl (C=O) groups excluding carboxylic acids is 2. The lowest BCUT2D eigenvalue weighted by molar-refractivity contribution is -0.485. The number of nitrogens with two attached hydrogens (primary N) is 2. The lowest BCUT2D eigenvalue weighted by atomic mass is 10.0. The summed E-state index contributed by atoms with van der Waals surface area (Å²) in [7, 11) is 0. The number of hydrogen-bond donors (Lipinski definition) is 5. The van der Waals surface area contributed by atoms with Crippen LogP contribution in [0.15, 0.2) is 29.4 Å². The van der Waals surface area contributed by atoms with E-state index in [0.717, 1.165) is 12.1 Å². The second-order valence-corrected chi connectivity index (χ2v) is 8.01. The van der Waals surface area contributed by atoms with Crippen molar-refractivity contribution in [3.8, 4) is 5.75 Å². The maximum absolute atomic E-state index is 12.9. The molecule has 0 aliphatic rings. The molecule has 15 heteroatoms. The summed E-state index contributed by atoms with van der Waals surface area (Å²) in [6, 6.07) is 3.41. The van der Waals surface area contributed by atoms with Crippen molar-refractivity contribution in [1.29, 1.82) is 0 Å². The average molecular weight is 505 g/mol. The maximum Gasteiger partial charge on any atom is 0.573 e. The fourth-order valence-electron chi connectivity index (χ4n) is 3.01. The Balaban J connectivity index is 2.82. The van der Waals surface area contributed by atoms with Gasteiger partial charge in [0.05, 0.1) is 6.04 Å². The van der Waals surface area contributed by atoms with Crippen LogP contribution >= 0.6 is 0 Å². The SMILES string of the molecule is CC(C)C[C@H](NC(=O)[C@H](CCCN/C(N)=N/[N+](=O)[O-])NCc1ccc(OC(F)(F)F)cc1)C(N)=O. The molecule has 0 spiro atoms. The molecule has 0 saturated carbocycles. The standard InChI is InChI=1S/C20H30F3N7O5/c1-12(2)10-16(17(24)31)28-18(32)15(4-3-9-26-19(25)29-30(33)34)27-11-13-5-7-14(8-6-13)35-20(21,22)23/h5-8,12,15-16,27H,3-4,9-11H2,1-2H3,(H2,24,31)(H,28,32)(H3,25,26,29)/t15-,16-/m0/s1. The van der Waals surface area contributed by atoms with E-state index in [1.807, 2.05) is 13.8 Å². The fourth-order valence-corrected chi connectivity index (χ4v) is 3.01. The molecule has 1 rings (SSSR count). The summed E-state index contributed by atoms with van der Waals surface area (Å²) in [6.07, 6.45) is -3.91. The number of rotatable bonds is 14. The van der Waals surface area contributed by atoms with Gasteiger partial charge in [-0.2, -0.15) is 0 Å². The highest BCUT2D eigenvalue weighted by molar-refractivity contribution is 5.89. The molecular formula is C20H30F3N7O5. The van der Waals surface area contributed by atoms with Gasteiger partial charge in [-0.3, -0.25) is 9.59 Å². The molecular weight excluding hydrogens is 475 g/mol. The first kappa shape index (κ1) is 29.4. The molecule has 2 atom stereocenters. The topological polar surface area (TPSA) is 187 Å². The molecule has 1 aromatic rings. The van der Waals surface area contributed by atoms with E-state index in [4.69, 9.17) is 11.5 Å². The zero-order valence-corrected chi connectivity index (χ0v) is 19.3. The van der Waals surface area contributed by atoms with Crippen molar-refractivity contribution in [3.63, 3.8) is 0 Å². The van der Waals surface area contributed by atoms with Crippen LogP contribution in [0, 0.1) is 16.0 Å². The van der Waals surface area contributed by atoms with Gasteiger partial charge in [0.1, 0.15) is 16.9 Å². The zero-order chi connectivity index (χ0) is 26.6. The summed E-state index contributed by atoms with van der Waals surface area (Å²) in [4.78, 5) is 34.9. The number of halogens is 3. The minimum Gasteiger partial charge on any atom is -0.406 e. The van der Waals surface area contributed by atoms with Crippen LogP contribution in [-0.2, 0) is 16.1 Å². The van der Waals surface area contributed by atoms with E-state index in [2.05, 4.69) is 25.8 Å². The summed E-state index contributed by atoms with van der Waals surface area (Å²) in [5.74, 6) is -1.87. The first-order valence-corrected chi connectivity index (χ1v) is 10.7. The normalized spacial score (nSPS) is 13.7. The third-order valence-corrected chi connectivity index (χ3v) is 4.56. The van der Waals surface area contributed by atoms with Crippen molar-refractivity contribution >= 4 is 17.8 Å². The van der Waals surface area contributed by atoms with Crippen LogP contribution in [0.25, 0.3) is 0 Å². The molecule has 1 aromatic carbocycles. The number of nitro groups is 1. The van der Waals surface area contributed by atoms with E-state index >= 15 is 0 Å². The fraction of sp³-hybridized carbons (Fsp3) is 0.550. The molecule has 0 aliphatic heterocycles. The molecule has 7 N–H and O–H groups in total. The Bertz CT molecular complexity index is 879. The number of hydrazone groups is 1. The highest BCUT2D eigenvalue weighted by atomic mass is 19.4. The number of hydrogen-bond acceptors (Lipinski definition) is 6. The molecule has 0 aliphatic carbocycles. The monoisotopic (exact) mass is 505 g/mol. The summed E-state index contributed by atoms with van der Waals surface area (Å²) in [6.45, 7) is 4.02. The summed E-state index contributed by atoms with van der Waals surface area (Å²) in [5.41, 5.74) is 11.3. The largest absolute Gasteiger partial charge is 0.573 e. The van der Waals surface area contributed by atoms with Gasteiger partial charge < -0.3 is 32.2 Å². The van der Waals surface area contributed by atoms with Gasteiger partial charge in [-0.25, -0.2) is 10.1 Å². The second kappa shape index (κ2) is 13.9. The Kier molecular flexibility index (Phi) is 11.7. The van der Waals surface area contributed by atoms with Gasteiger partial charge in [0.15, 0.2) is 5.03 Å². The average Bonchev–Trinajstić information content (AvgIpc) is 2.71. The molecule has 196 valence electrons. The number of nitrogens with one attached hydrogen (secondary N) is 3. The van der Waals surface area contributed by atoms with Gasteiger partial charge in [0.25, 0.3) is 5.96 Å². The van der Waals surface area contributed by atoms with E-state index in [9.17, 15) is 32.9 Å². The Hall–Kier alpha value is -3.62. The van der Waals surface area contributed by atoms with E-state index in [1.54, 1.807) is 0 Å². The Morgan fingerprint density at radius 3 is 2.31 bits per heavy atom. The lowest BCUT2D eigenvalue weighted by Gasteiger charge is -2.23. The van der Waals surface area contributed by atoms with Gasteiger partial charge in [-0.1, -0.05) is 26.0 Å². The predicted octanol–water partition coefficient (Wildman–Crippen LogP) is 0.936. The number of benzene rings is 1. The van der Waals surface area contributed by atoms with Crippen molar-refractivity contribution in [2.45, 2.75) is 58.1 Å². The van der Waals surface area contributed by atoms with Gasteiger partial charge in [0.2, 0.25) is 11.8 Å². The molecule has 0 radical (unpaired) electrons. The van der Waals surface area contributed by atoms with Gasteiger partial charge in [0, 0.05) is 13.1 Å². The zero-order valence-electron chi connectivity index (χ0n) is 19.3. The number of primary amides is 1. The summed E-state index contributed by atoms with van der Waals surface area (Å²) in [5, 5.41) is 20.4. The van der Waals surface area contributed by atoms with Crippen molar-refractivity contribution in [2.24, 2.45) is 22.5 Å². The minimum absolute atomic E-state index is 0.0877. The molecule has 0 bridgehead atoms. The van der Waals surface area contributed by atoms with Crippen molar-refractivity contribution in [1.82, 2.24) is 16.0 Å². The van der Waals surface area contributed by atoms with Gasteiger partial charge >= 0.3 is 6.36 Å². The highest BCUT2D eigenvalue weighted by Gasteiger charge is 2.31. The number of guanidine groups is 1. The van der Waals surface area contributed by atoms with E-state index in [1.165, 1.54) is 12.1 Å². The van der Waals surface area contributed by atoms with Crippen molar-refractivity contribution in [2.75, 3.05) is 6.54 Å². The van der Waals surface area contributed by atoms with Crippen LogP contribution in [0.1, 0.15) is 38.7 Å². The molecule has 0 fully saturated rings. The molecule has 12 nitrogen and oxygen atoms in total. The maximum atomic E-state index is 12.9. The van der Waals surface area contributed by atoms with Crippen molar-refractivity contribution in [3.05, 3.63) is 39.9 Å². The van der Waals surface area contributed by atoms with E-state index in [0.29, 0.717) is 18.4 Å². The third kappa shape index (κ3) is 13.0. The first-order valence-electron chi connectivity index (χ1n) is 10.7. The number of carbonyl (C=O) groups is 2. The van der Waals surface area contributed by atoms with Gasteiger partial charge in [-0.15, -0.1) is 13.2 Å². The summed E-state index contributed by atoms with van der Waals surface area (Å²) >= 11 is 0. The van der Waals surface area contributed by atoms with E-state index in [-0.39, 0.29) is 31.2 Å². The third-order valence-electron chi connectivity index (χ3n) is 4.56. The van der Waals surface area contributed by atoms with Crippen LogP contribution < -0.4 is 32.2 Å². The highest BCUT2D eigenvalue weighted by Crippen LogP contribution is 2.22. The Labute approximate surface area is 199 Å². The van der Waals surface area contributed by atoms with Crippen LogP contribution in [-0.4, -0.2) is 47.8 Å². The smallest absolute Gasteiger partial charge is 0.406 e. The van der Waals surface area contributed by atoms with Crippen LogP contribution in [0.4, 0.5) is 13.2 Å². The number of ether oxygens (including phenoxy) is 1. The van der Waals surface area contributed by atoms with Crippen LogP contribution in [0.5, 0.6) is 5.75 Å². The molecule has 2 amide bonds. The van der Waals surface area contributed by atoms with E-state index < -0.39 is 41.3 Å². The minimum atomic E-state index is -4.81. The lowest BCUT2D eigenvalue weighted by Crippen LogP contribution is -2.52. The van der Waals surface area contributed by atoms with Crippen LogP contribution in [0.2, 0.25) is 0 Å². The number of amides is 2. The van der Waals surface area contributed by atoms with Crippen molar-refractivity contribution < 1.29 is 32.5 Å². The number of nitrogens with zero attached hydrogens (tertiary/aromatic N) is 2. The second-order valence-electron chi connectivity index (χ2n) is 8.01. The first-order chi connectivity index (χ1) is 16.3. The van der Waals surface area contributed by atoms with Gasteiger partial charge in [-0.05, 0) is 42.9 Å². The van der Waals surface area contributed by atoms with Crippen LogP contribution in [0.3, 0.4) is 0 Å².